The van der Waals surface area contributed by atoms with Gasteiger partial charge in [-0.05, 0) is 25.6 Å². The summed E-state index contributed by atoms with van der Waals surface area (Å²) in [5.41, 5.74) is 1.79. The first kappa shape index (κ1) is 10.7. The van der Waals surface area contributed by atoms with E-state index in [9.17, 15) is 4.79 Å². The Morgan fingerprint density at radius 1 is 1.50 bits per heavy atom. The molecule has 2 N–H and O–H groups in total. The maximum Gasteiger partial charge on any atom is 0.225 e. The van der Waals surface area contributed by atoms with Crippen molar-refractivity contribution in [2.45, 2.75) is 13.3 Å². The number of anilines is 1. The van der Waals surface area contributed by atoms with Gasteiger partial charge in [0.15, 0.2) is 0 Å². The molecule has 1 rings (SSSR count). The average Bonchev–Trinajstić information content (AvgIpc) is 2.15. The van der Waals surface area contributed by atoms with Gasteiger partial charge in [0.25, 0.3) is 0 Å². The lowest BCUT2D eigenvalue weighted by Gasteiger charge is -2.04. The lowest BCUT2D eigenvalue weighted by molar-refractivity contribution is -0.116. The molecule has 0 unspecified atom stereocenters. The number of hydrogen-bond acceptors (Lipinski definition) is 3. The summed E-state index contributed by atoms with van der Waals surface area (Å²) >= 11 is 0. The lowest BCUT2D eigenvalue weighted by Crippen LogP contribution is -2.18. The van der Waals surface area contributed by atoms with Gasteiger partial charge in [0, 0.05) is 19.2 Å². The van der Waals surface area contributed by atoms with E-state index >= 15 is 0 Å². The molecule has 0 bridgehead atoms. The predicted octanol–water partition coefficient (Wildman–Crippen LogP) is 0.938. The molecule has 0 atom stereocenters. The minimum atomic E-state index is 0.00625. The van der Waals surface area contributed by atoms with Crippen molar-refractivity contribution in [3.05, 3.63) is 24.0 Å². The number of rotatable bonds is 4. The van der Waals surface area contributed by atoms with Gasteiger partial charge in [0.1, 0.15) is 0 Å². The van der Waals surface area contributed by atoms with E-state index in [1.165, 1.54) is 0 Å². The number of hydrogen-bond donors (Lipinski definition) is 2. The van der Waals surface area contributed by atoms with Crippen LogP contribution in [0.4, 0.5) is 5.69 Å². The van der Waals surface area contributed by atoms with Crippen LogP contribution in [0.25, 0.3) is 0 Å². The van der Waals surface area contributed by atoms with Crippen LogP contribution in [0, 0.1) is 6.92 Å². The van der Waals surface area contributed by atoms with E-state index < -0.39 is 0 Å². The molecule has 0 aliphatic heterocycles. The van der Waals surface area contributed by atoms with E-state index in [4.69, 9.17) is 0 Å². The monoisotopic (exact) mass is 193 g/mol. The fraction of sp³-hybridized carbons (Fsp3) is 0.400. The van der Waals surface area contributed by atoms with Crippen LogP contribution in [-0.2, 0) is 4.79 Å². The molecule has 1 aromatic heterocycles. The van der Waals surface area contributed by atoms with E-state index in [2.05, 4.69) is 15.6 Å². The molecule has 76 valence electrons. The van der Waals surface area contributed by atoms with Gasteiger partial charge in [-0.2, -0.15) is 0 Å². The highest BCUT2D eigenvalue weighted by molar-refractivity contribution is 5.90. The Labute approximate surface area is 83.7 Å². The first-order chi connectivity index (χ1) is 6.72. The second-order valence-electron chi connectivity index (χ2n) is 3.15. The third kappa shape index (κ3) is 3.53. The van der Waals surface area contributed by atoms with Crippen molar-refractivity contribution in [2.75, 3.05) is 18.9 Å². The van der Waals surface area contributed by atoms with Crippen molar-refractivity contribution in [2.24, 2.45) is 0 Å². The summed E-state index contributed by atoms with van der Waals surface area (Å²) < 4.78 is 0. The van der Waals surface area contributed by atoms with Gasteiger partial charge in [-0.1, -0.05) is 0 Å². The van der Waals surface area contributed by atoms with Gasteiger partial charge >= 0.3 is 0 Å². The number of carbonyl (C=O) groups is 1. The maximum absolute atomic E-state index is 11.3. The zero-order valence-corrected chi connectivity index (χ0v) is 8.50. The molecule has 0 saturated heterocycles. The van der Waals surface area contributed by atoms with Crippen LogP contribution in [0.2, 0.25) is 0 Å². The fourth-order valence-electron chi connectivity index (χ4n) is 1.09. The number of amides is 1. The van der Waals surface area contributed by atoms with Crippen molar-refractivity contribution < 1.29 is 4.79 Å². The summed E-state index contributed by atoms with van der Waals surface area (Å²) in [5, 5.41) is 5.70. The molecule has 0 radical (unpaired) electrons. The highest BCUT2D eigenvalue weighted by Crippen LogP contribution is 2.06. The smallest absolute Gasteiger partial charge is 0.225 e. The SMILES string of the molecule is CNCCC(=O)Nc1cncc(C)c1. The zero-order valence-electron chi connectivity index (χ0n) is 8.50. The van der Waals surface area contributed by atoms with Gasteiger partial charge < -0.3 is 10.6 Å². The van der Waals surface area contributed by atoms with Gasteiger partial charge in [0.05, 0.1) is 11.9 Å². The summed E-state index contributed by atoms with van der Waals surface area (Å²) in [5.74, 6) is 0.00625. The molecule has 0 spiro atoms. The van der Waals surface area contributed by atoms with Crippen LogP contribution >= 0.6 is 0 Å². The number of pyridine rings is 1. The Kier molecular flexibility index (Phi) is 4.07. The zero-order chi connectivity index (χ0) is 10.4. The second-order valence-corrected chi connectivity index (χ2v) is 3.15. The molecule has 0 aromatic carbocycles. The lowest BCUT2D eigenvalue weighted by atomic mass is 10.3. The molecule has 0 saturated carbocycles. The number of carbonyl (C=O) groups excluding carboxylic acids is 1. The van der Waals surface area contributed by atoms with Crippen LogP contribution < -0.4 is 10.6 Å². The van der Waals surface area contributed by atoms with Crippen molar-refractivity contribution >= 4 is 11.6 Å². The molecule has 1 aromatic rings. The predicted molar refractivity (Wildman–Crippen MR) is 56.1 cm³/mol. The molecule has 4 heteroatoms. The van der Waals surface area contributed by atoms with Crippen molar-refractivity contribution in [3.8, 4) is 0 Å². The van der Waals surface area contributed by atoms with Crippen LogP contribution in [0.3, 0.4) is 0 Å². The molecule has 4 nitrogen and oxygen atoms in total. The third-order valence-electron chi connectivity index (χ3n) is 1.76. The highest BCUT2D eigenvalue weighted by Gasteiger charge is 2.01. The van der Waals surface area contributed by atoms with E-state index in [1.807, 2.05) is 20.0 Å². The largest absolute Gasteiger partial charge is 0.325 e. The Bertz CT molecular complexity index is 312. The molecule has 0 aliphatic carbocycles. The van der Waals surface area contributed by atoms with Crippen LogP contribution in [0.15, 0.2) is 18.5 Å². The Hall–Kier alpha value is -1.42. The second kappa shape index (κ2) is 5.34. The summed E-state index contributed by atoms with van der Waals surface area (Å²) in [6.45, 7) is 2.63. The normalized spacial score (nSPS) is 9.86. The highest BCUT2D eigenvalue weighted by atomic mass is 16.1. The minimum absolute atomic E-state index is 0.00625. The van der Waals surface area contributed by atoms with Gasteiger partial charge in [-0.3, -0.25) is 9.78 Å². The molecular formula is C10H15N3O. The van der Waals surface area contributed by atoms with E-state index in [0.29, 0.717) is 13.0 Å². The van der Waals surface area contributed by atoms with Crippen LogP contribution in [-0.4, -0.2) is 24.5 Å². The third-order valence-corrected chi connectivity index (χ3v) is 1.76. The molecule has 1 heterocycles. The first-order valence-electron chi connectivity index (χ1n) is 4.58. The fourth-order valence-corrected chi connectivity index (χ4v) is 1.09. The number of nitrogens with one attached hydrogen (secondary N) is 2. The van der Waals surface area contributed by atoms with E-state index in [1.54, 1.807) is 12.4 Å². The summed E-state index contributed by atoms with van der Waals surface area (Å²) in [6, 6.07) is 1.89. The van der Waals surface area contributed by atoms with E-state index in [0.717, 1.165) is 11.3 Å². The molecular weight excluding hydrogens is 178 g/mol. The summed E-state index contributed by atoms with van der Waals surface area (Å²) in [6.07, 6.45) is 3.87. The topological polar surface area (TPSA) is 54.0 Å². The van der Waals surface area contributed by atoms with Gasteiger partial charge in [-0.15, -0.1) is 0 Å². The van der Waals surface area contributed by atoms with Crippen molar-refractivity contribution in [3.63, 3.8) is 0 Å². The average molecular weight is 193 g/mol. The minimum Gasteiger partial charge on any atom is -0.325 e. The molecule has 1 amide bonds. The van der Waals surface area contributed by atoms with Crippen molar-refractivity contribution in [1.82, 2.24) is 10.3 Å². The quantitative estimate of drug-likeness (QED) is 0.748. The van der Waals surface area contributed by atoms with Gasteiger partial charge in [-0.25, -0.2) is 0 Å². The molecule has 14 heavy (non-hydrogen) atoms. The Morgan fingerprint density at radius 2 is 2.29 bits per heavy atom. The maximum atomic E-state index is 11.3. The van der Waals surface area contributed by atoms with Crippen molar-refractivity contribution in [1.29, 1.82) is 0 Å². The number of aryl methyl sites for hydroxylation is 1. The first-order valence-corrected chi connectivity index (χ1v) is 4.58. The number of aromatic nitrogens is 1. The van der Waals surface area contributed by atoms with Crippen LogP contribution in [0.1, 0.15) is 12.0 Å². The molecule has 0 aliphatic rings. The Balaban J connectivity index is 2.47. The van der Waals surface area contributed by atoms with E-state index in [-0.39, 0.29) is 5.91 Å². The van der Waals surface area contributed by atoms with Crippen LogP contribution in [0.5, 0.6) is 0 Å². The Morgan fingerprint density at radius 3 is 2.93 bits per heavy atom. The standard InChI is InChI=1S/C10H15N3O/c1-8-5-9(7-12-6-8)13-10(14)3-4-11-2/h5-7,11H,3-4H2,1-2H3,(H,13,14). The van der Waals surface area contributed by atoms with Gasteiger partial charge in [0.2, 0.25) is 5.91 Å². The summed E-state index contributed by atoms with van der Waals surface area (Å²) in [4.78, 5) is 15.3. The molecule has 0 fully saturated rings. The number of nitrogens with zero attached hydrogens (tertiary/aromatic N) is 1. The summed E-state index contributed by atoms with van der Waals surface area (Å²) in [7, 11) is 1.82.